The summed E-state index contributed by atoms with van der Waals surface area (Å²) >= 11 is 0. The molecular formula is C23H35IN4O. The summed E-state index contributed by atoms with van der Waals surface area (Å²) in [6, 6.07) is 14.2. The molecule has 0 unspecified atom stereocenters. The quantitative estimate of drug-likeness (QED) is 0.218. The van der Waals surface area contributed by atoms with E-state index in [4.69, 9.17) is 0 Å². The molecule has 6 heteroatoms. The number of aryl methyl sites for hydroxylation is 2. The van der Waals surface area contributed by atoms with Crippen molar-refractivity contribution < 1.29 is 0 Å². The molecular weight excluding hydrogens is 475 g/mol. The molecule has 0 amide bonds. The van der Waals surface area contributed by atoms with Crippen LogP contribution in [0.2, 0.25) is 0 Å². The number of unbranched alkanes of at least 4 members (excludes halogenated alkanes) is 1. The Bertz CT molecular complexity index is 784. The molecule has 2 N–H and O–H groups in total. The van der Waals surface area contributed by atoms with E-state index in [1.54, 1.807) is 23.7 Å². The van der Waals surface area contributed by atoms with Crippen LogP contribution < -0.4 is 16.2 Å². The highest BCUT2D eigenvalue weighted by molar-refractivity contribution is 14.0. The molecule has 0 spiro atoms. The van der Waals surface area contributed by atoms with Gasteiger partial charge in [-0.25, -0.2) is 0 Å². The third-order valence-corrected chi connectivity index (χ3v) is 4.82. The standard InChI is InChI=1S/C23H34N4O.HI/c1-19(2)21-13-11-20(12-14-21)9-8-16-26-23(24-3)25-15-5-7-18-27-17-6-4-10-22(27)28;/h4,6,10-14,17,19H,5,7-9,15-16,18H2,1-3H3,(H2,24,25,26);1H. The average Bonchev–Trinajstić information content (AvgIpc) is 2.71. The Balaban J connectivity index is 0.00000420. The molecule has 0 aliphatic carbocycles. The SMILES string of the molecule is CN=C(NCCCCn1ccccc1=O)NCCCc1ccc(C(C)C)cc1.I. The highest BCUT2D eigenvalue weighted by Gasteiger charge is 2.01. The van der Waals surface area contributed by atoms with Crippen LogP contribution in [0.5, 0.6) is 0 Å². The maximum Gasteiger partial charge on any atom is 0.250 e. The molecule has 0 aliphatic heterocycles. The molecule has 1 aromatic carbocycles. The molecule has 0 fully saturated rings. The smallest absolute Gasteiger partial charge is 0.250 e. The normalized spacial score (nSPS) is 11.2. The zero-order valence-electron chi connectivity index (χ0n) is 17.9. The van der Waals surface area contributed by atoms with Crippen LogP contribution in [-0.4, -0.2) is 30.7 Å². The molecule has 5 nitrogen and oxygen atoms in total. The van der Waals surface area contributed by atoms with Crippen molar-refractivity contribution in [3.05, 3.63) is 70.1 Å². The number of aromatic nitrogens is 1. The van der Waals surface area contributed by atoms with Gasteiger partial charge in [0.15, 0.2) is 5.96 Å². The second-order valence-corrected chi connectivity index (χ2v) is 7.36. The lowest BCUT2D eigenvalue weighted by Crippen LogP contribution is -2.38. The van der Waals surface area contributed by atoms with Crippen molar-refractivity contribution in [1.29, 1.82) is 0 Å². The Morgan fingerprint density at radius 1 is 1.00 bits per heavy atom. The van der Waals surface area contributed by atoms with Crippen LogP contribution >= 0.6 is 24.0 Å². The van der Waals surface area contributed by atoms with Gasteiger partial charge in [0.05, 0.1) is 0 Å². The Labute approximate surface area is 192 Å². The van der Waals surface area contributed by atoms with Gasteiger partial charge in [-0.15, -0.1) is 24.0 Å². The van der Waals surface area contributed by atoms with Crippen molar-refractivity contribution in [2.45, 2.75) is 52.0 Å². The Morgan fingerprint density at radius 2 is 1.69 bits per heavy atom. The minimum Gasteiger partial charge on any atom is -0.356 e. The number of hydrogen-bond donors (Lipinski definition) is 2. The van der Waals surface area contributed by atoms with Crippen LogP contribution in [0.1, 0.15) is 50.2 Å². The Morgan fingerprint density at radius 3 is 2.31 bits per heavy atom. The van der Waals surface area contributed by atoms with Crippen LogP contribution in [0.25, 0.3) is 0 Å². The molecule has 2 aromatic rings. The van der Waals surface area contributed by atoms with Crippen LogP contribution in [0.3, 0.4) is 0 Å². The van der Waals surface area contributed by atoms with Crippen molar-refractivity contribution in [3.8, 4) is 0 Å². The molecule has 0 atom stereocenters. The molecule has 0 aliphatic rings. The van der Waals surface area contributed by atoms with Gasteiger partial charge in [0.25, 0.3) is 0 Å². The second-order valence-electron chi connectivity index (χ2n) is 7.36. The summed E-state index contributed by atoms with van der Waals surface area (Å²) < 4.78 is 1.75. The molecule has 2 rings (SSSR count). The highest BCUT2D eigenvalue weighted by Crippen LogP contribution is 2.15. The summed E-state index contributed by atoms with van der Waals surface area (Å²) in [5.74, 6) is 1.42. The van der Waals surface area contributed by atoms with Gasteiger partial charge < -0.3 is 15.2 Å². The number of nitrogens with zero attached hydrogens (tertiary/aromatic N) is 2. The lowest BCUT2D eigenvalue weighted by atomic mass is 10.0. The van der Waals surface area contributed by atoms with Crippen LogP contribution in [0.15, 0.2) is 58.4 Å². The number of guanidine groups is 1. The highest BCUT2D eigenvalue weighted by atomic mass is 127. The first kappa shape index (κ1) is 25.2. The van der Waals surface area contributed by atoms with Gasteiger partial charge in [-0.05, 0) is 48.8 Å². The van der Waals surface area contributed by atoms with E-state index in [-0.39, 0.29) is 29.5 Å². The number of benzene rings is 1. The maximum atomic E-state index is 11.7. The number of pyridine rings is 1. The fourth-order valence-corrected chi connectivity index (χ4v) is 3.05. The van der Waals surface area contributed by atoms with Crippen molar-refractivity contribution in [2.75, 3.05) is 20.1 Å². The molecule has 0 radical (unpaired) electrons. The Hall–Kier alpha value is -1.83. The predicted octanol–water partition coefficient (Wildman–Crippen LogP) is 4.17. The molecule has 160 valence electrons. The van der Waals surface area contributed by atoms with E-state index in [1.165, 1.54) is 11.1 Å². The minimum absolute atomic E-state index is 0. The van der Waals surface area contributed by atoms with Crippen LogP contribution in [0, 0.1) is 0 Å². The number of nitrogens with one attached hydrogen (secondary N) is 2. The van der Waals surface area contributed by atoms with Gasteiger partial charge >= 0.3 is 0 Å². The maximum absolute atomic E-state index is 11.7. The van der Waals surface area contributed by atoms with Gasteiger partial charge in [0, 0.05) is 38.9 Å². The van der Waals surface area contributed by atoms with Crippen molar-refractivity contribution in [1.82, 2.24) is 15.2 Å². The Kier molecular flexibility index (Phi) is 12.3. The van der Waals surface area contributed by atoms with E-state index in [0.717, 1.165) is 51.3 Å². The van der Waals surface area contributed by atoms with E-state index < -0.39 is 0 Å². The van der Waals surface area contributed by atoms with Crippen molar-refractivity contribution >= 4 is 29.9 Å². The van der Waals surface area contributed by atoms with Gasteiger partial charge in [-0.2, -0.15) is 0 Å². The zero-order valence-corrected chi connectivity index (χ0v) is 20.2. The summed E-state index contributed by atoms with van der Waals surface area (Å²) in [5, 5.41) is 6.71. The molecule has 0 bridgehead atoms. The van der Waals surface area contributed by atoms with Crippen molar-refractivity contribution in [3.63, 3.8) is 0 Å². The van der Waals surface area contributed by atoms with Gasteiger partial charge in [0.2, 0.25) is 5.56 Å². The number of hydrogen-bond acceptors (Lipinski definition) is 2. The van der Waals surface area contributed by atoms with Gasteiger partial charge in [0.1, 0.15) is 0 Å². The number of rotatable bonds is 10. The van der Waals surface area contributed by atoms with E-state index >= 15 is 0 Å². The predicted molar refractivity (Wildman–Crippen MR) is 134 cm³/mol. The third-order valence-electron chi connectivity index (χ3n) is 4.82. The molecule has 0 saturated heterocycles. The summed E-state index contributed by atoms with van der Waals surface area (Å²) in [5.41, 5.74) is 2.83. The largest absolute Gasteiger partial charge is 0.356 e. The van der Waals surface area contributed by atoms with E-state index in [9.17, 15) is 4.79 Å². The van der Waals surface area contributed by atoms with E-state index in [1.807, 2.05) is 12.3 Å². The fraction of sp³-hybridized carbons (Fsp3) is 0.478. The summed E-state index contributed by atoms with van der Waals surface area (Å²) in [6.07, 6.45) is 5.92. The number of aliphatic imine (C=N–C) groups is 1. The first-order valence-electron chi connectivity index (χ1n) is 10.3. The lowest BCUT2D eigenvalue weighted by molar-refractivity contribution is 0.585. The second kappa shape index (κ2) is 14.2. The third kappa shape index (κ3) is 9.47. The molecule has 1 aromatic heterocycles. The lowest BCUT2D eigenvalue weighted by Gasteiger charge is -2.12. The minimum atomic E-state index is 0. The zero-order chi connectivity index (χ0) is 20.2. The van der Waals surface area contributed by atoms with Crippen LogP contribution in [0.4, 0.5) is 0 Å². The molecule has 0 saturated carbocycles. The number of halogens is 1. The van der Waals surface area contributed by atoms with Crippen molar-refractivity contribution in [2.24, 2.45) is 4.99 Å². The average molecular weight is 510 g/mol. The topological polar surface area (TPSA) is 58.4 Å². The van der Waals surface area contributed by atoms with Gasteiger partial charge in [-0.3, -0.25) is 9.79 Å². The molecule has 1 heterocycles. The van der Waals surface area contributed by atoms with E-state index in [0.29, 0.717) is 5.92 Å². The summed E-state index contributed by atoms with van der Waals surface area (Å²) in [4.78, 5) is 15.9. The summed E-state index contributed by atoms with van der Waals surface area (Å²) in [7, 11) is 1.80. The van der Waals surface area contributed by atoms with Crippen LogP contribution in [-0.2, 0) is 13.0 Å². The first-order chi connectivity index (χ1) is 13.6. The van der Waals surface area contributed by atoms with Gasteiger partial charge in [-0.1, -0.05) is 44.2 Å². The first-order valence-corrected chi connectivity index (χ1v) is 10.3. The summed E-state index contributed by atoms with van der Waals surface area (Å²) in [6.45, 7) is 6.93. The molecule has 29 heavy (non-hydrogen) atoms. The fourth-order valence-electron chi connectivity index (χ4n) is 3.05. The van der Waals surface area contributed by atoms with E-state index in [2.05, 4.69) is 53.7 Å². The monoisotopic (exact) mass is 510 g/mol.